The van der Waals surface area contributed by atoms with Crippen molar-refractivity contribution in [2.75, 3.05) is 12.3 Å². The Bertz CT molecular complexity index is 1090. The summed E-state index contributed by atoms with van der Waals surface area (Å²) >= 11 is 3.31. The Morgan fingerprint density at radius 2 is 1.97 bits per heavy atom. The zero-order valence-electron chi connectivity index (χ0n) is 17.5. The van der Waals surface area contributed by atoms with Crippen molar-refractivity contribution in [3.05, 3.63) is 58.5 Å². The van der Waals surface area contributed by atoms with Crippen LogP contribution in [-0.2, 0) is 11.3 Å². The van der Waals surface area contributed by atoms with E-state index in [0.717, 1.165) is 26.8 Å². The van der Waals surface area contributed by atoms with Crippen LogP contribution in [0.3, 0.4) is 0 Å². The number of hydrogen-bond acceptors (Lipinski definition) is 6. The van der Waals surface area contributed by atoms with Gasteiger partial charge in [0, 0.05) is 23.4 Å². The van der Waals surface area contributed by atoms with Gasteiger partial charge in [0.2, 0.25) is 5.91 Å². The van der Waals surface area contributed by atoms with Crippen LogP contribution in [0.25, 0.3) is 21.1 Å². The van der Waals surface area contributed by atoms with Crippen molar-refractivity contribution in [2.24, 2.45) is 0 Å². The van der Waals surface area contributed by atoms with E-state index in [1.807, 2.05) is 37.3 Å². The highest BCUT2D eigenvalue weighted by molar-refractivity contribution is 8.00. The van der Waals surface area contributed by atoms with Crippen molar-refractivity contribution in [2.45, 2.75) is 44.4 Å². The normalized spacial score (nSPS) is 14.1. The molecule has 3 aromatic rings. The molecule has 0 spiro atoms. The van der Waals surface area contributed by atoms with E-state index < -0.39 is 0 Å². The van der Waals surface area contributed by atoms with Gasteiger partial charge >= 0.3 is 0 Å². The van der Waals surface area contributed by atoms with Gasteiger partial charge in [0.15, 0.2) is 0 Å². The van der Waals surface area contributed by atoms with Gasteiger partial charge in [-0.05, 0) is 25.8 Å². The first kappa shape index (κ1) is 21.8. The average Bonchev–Trinajstić information content (AvgIpc) is 3.44. The summed E-state index contributed by atoms with van der Waals surface area (Å²) in [5.41, 5.74) is 2.50. The molecule has 1 aliphatic carbocycles. The molecule has 0 aliphatic heterocycles. The number of amides is 1. The van der Waals surface area contributed by atoms with Gasteiger partial charge in [-0.15, -0.1) is 23.1 Å². The molecular formula is C23H26N4O2S2. The van der Waals surface area contributed by atoms with E-state index >= 15 is 0 Å². The molecule has 162 valence electrons. The number of thiazole rings is 1. The quantitative estimate of drug-likeness (QED) is 0.554. The van der Waals surface area contributed by atoms with Crippen LogP contribution >= 0.6 is 23.1 Å². The highest BCUT2D eigenvalue weighted by Crippen LogP contribution is 2.33. The number of benzene rings is 1. The molecule has 1 N–H and O–H groups in total. The zero-order valence-corrected chi connectivity index (χ0v) is 19.2. The number of aromatic nitrogens is 3. The fraction of sp³-hybridized carbons (Fsp3) is 0.391. The van der Waals surface area contributed by atoms with E-state index in [0.29, 0.717) is 24.1 Å². The second-order valence-corrected chi connectivity index (χ2v) is 9.93. The molecule has 8 heteroatoms. The molecular weight excluding hydrogens is 428 g/mol. The van der Waals surface area contributed by atoms with Crippen LogP contribution in [0.1, 0.15) is 31.4 Å². The minimum atomic E-state index is -0.177. The molecule has 2 heterocycles. The number of rotatable bonds is 8. The van der Waals surface area contributed by atoms with Gasteiger partial charge in [-0.2, -0.15) is 5.10 Å². The Morgan fingerprint density at radius 1 is 1.19 bits per heavy atom. The lowest BCUT2D eigenvalue weighted by Crippen LogP contribution is -2.33. The first-order valence-corrected chi connectivity index (χ1v) is 12.5. The summed E-state index contributed by atoms with van der Waals surface area (Å²) < 4.78 is 1.42. The molecule has 2 aromatic heterocycles. The maximum atomic E-state index is 12.3. The van der Waals surface area contributed by atoms with Gasteiger partial charge in [-0.3, -0.25) is 9.59 Å². The molecule has 1 fully saturated rings. The van der Waals surface area contributed by atoms with Crippen LogP contribution in [0.15, 0.2) is 47.3 Å². The molecule has 6 nitrogen and oxygen atoms in total. The summed E-state index contributed by atoms with van der Waals surface area (Å²) in [5.74, 6) is 0.502. The van der Waals surface area contributed by atoms with Gasteiger partial charge in [-0.1, -0.05) is 43.2 Å². The smallest absolute Gasteiger partial charge is 0.266 e. The zero-order chi connectivity index (χ0) is 21.6. The van der Waals surface area contributed by atoms with Gasteiger partial charge in [0.1, 0.15) is 10.7 Å². The third-order valence-corrected chi connectivity index (χ3v) is 7.92. The summed E-state index contributed by atoms with van der Waals surface area (Å²) in [4.78, 5) is 30.0. The molecule has 1 aromatic carbocycles. The number of thioether (sulfide) groups is 1. The van der Waals surface area contributed by atoms with Crippen LogP contribution in [-0.4, -0.2) is 38.2 Å². The van der Waals surface area contributed by atoms with Gasteiger partial charge in [-0.25, -0.2) is 9.67 Å². The summed E-state index contributed by atoms with van der Waals surface area (Å²) in [6.45, 7) is 2.69. The SMILES string of the molecule is Cc1nc(-c2ccccc2)sc1-c1ccc(=O)n(CCNC(=O)CSC2CCCC2)n1. The Labute approximate surface area is 190 Å². The van der Waals surface area contributed by atoms with Crippen molar-refractivity contribution in [3.63, 3.8) is 0 Å². The number of nitrogens with zero attached hydrogens (tertiary/aromatic N) is 3. The maximum Gasteiger partial charge on any atom is 0.266 e. The van der Waals surface area contributed by atoms with E-state index in [1.54, 1.807) is 29.2 Å². The molecule has 1 aliphatic rings. The number of carbonyl (C=O) groups excluding carboxylic acids is 1. The fourth-order valence-corrected chi connectivity index (χ4v) is 5.86. The molecule has 0 atom stereocenters. The second kappa shape index (κ2) is 10.2. The number of carbonyl (C=O) groups is 1. The van der Waals surface area contributed by atoms with Crippen molar-refractivity contribution < 1.29 is 4.79 Å². The minimum Gasteiger partial charge on any atom is -0.354 e. The Balaban J connectivity index is 1.39. The average molecular weight is 455 g/mol. The van der Waals surface area contributed by atoms with E-state index in [4.69, 9.17) is 0 Å². The fourth-order valence-electron chi connectivity index (χ4n) is 3.67. The number of aryl methyl sites for hydroxylation is 1. The van der Waals surface area contributed by atoms with E-state index in [2.05, 4.69) is 15.4 Å². The van der Waals surface area contributed by atoms with Crippen LogP contribution in [0.5, 0.6) is 0 Å². The minimum absolute atomic E-state index is 0.0203. The topological polar surface area (TPSA) is 76.9 Å². The molecule has 0 unspecified atom stereocenters. The monoisotopic (exact) mass is 454 g/mol. The Kier molecular flexibility index (Phi) is 7.19. The second-order valence-electron chi connectivity index (χ2n) is 7.65. The molecule has 0 saturated heterocycles. The van der Waals surface area contributed by atoms with Crippen molar-refractivity contribution in [1.29, 1.82) is 0 Å². The summed E-state index contributed by atoms with van der Waals surface area (Å²) in [6.07, 6.45) is 4.98. The predicted molar refractivity (Wildman–Crippen MR) is 128 cm³/mol. The van der Waals surface area contributed by atoms with Crippen molar-refractivity contribution >= 4 is 29.0 Å². The highest BCUT2D eigenvalue weighted by Gasteiger charge is 2.17. The lowest BCUT2D eigenvalue weighted by atomic mass is 10.2. The summed E-state index contributed by atoms with van der Waals surface area (Å²) in [7, 11) is 0. The lowest BCUT2D eigenvalue weighted by molar-refractivity contribution is -0.118. The van der Waals surface area contributed by atoms with Crippen LogP contribution in [0, 0.1) is 6.92 Å². The van der Waals surface area contributed by atoms with Gasteiger partial charge in [0.25, 0.3) is 5.56 Å². The van der Waals surface area contributed by atoms with Crippen LogP contribution in [0.2, 0.25) is 0 Å². The third-order valence-electron chi connectivity index (χ3n) is 5.31. The molecule has 4 rings (SSSR count). The molecule has 0 bridgehead atoms. The maximum absolute atomic E-state index is 12.3. The van der Waals surface area contributed by atoms with Crippen molar-refractivity contribution in [1.82, 2.24) is 20.1 Å². The Hall–Kier alpha value is -2.45. The first-order valence-electron chi connectivity index (χ1n) is 10.6. The first-order chi connectivity index (χ1) is 15.1. The molecule has 1 amide bonds. The standard InChI is InChI=1S/C23H26N4O2S2/c1-16-22(31-23(25-16)17-7-3-2-4-8-17)19-11-12-21(29)27(26-19)14-13-24-20(28)15-30-18-9-5-6-10-18/h2-4,7-8,11-12,18H,5-6,9-10,13-15H2,1H3,(H,24,28). The molecule has 31 heavy (non-hydrogen) atoms. The van der Waals surface area contributed by atoms with E-state index in [-0.39, 0.29) is 11.5 Å². The Morgan fingerprint density at radius 3 is 2.74 bits per heavy atom. The molecule has 0 radical (unpaired) electrons. The van der Waals surface area contributed by atoms with E-state index in [9.17, 15) is 9.59 Å². The van der Waals surface area contributed by atoms with Crippen LogP contribution < -0.4 is 10.9 Å². The van der Waals surface area contributed by atoms with E-state index in [1.165, 1.54) is 36.4 Å². The predicted octanol–water partition coefficient (Wildman–Crippen LogP) is 4.13. The summed E-state index contributed by atoms with van der Waals surface area (Å²) in [5, 5.41) is 8.99. The molecule has 1 saturated carbocycles. The number of hydrogen-bond donors (Lipinski definition) is 1. The number of nitrogens with one attached hydrogen (secondary N) is 1. The lowest BCUT2D eigenvalue weighted by Gasteiger charge is -2.10. The van der Waals surface area contributed by atoms with Gasteiger partial charge < -0.3 is 5.32 Å². The largest absolute Gasteiger partial charge is 0.354 e. The van der Waals surface area contributed by atoms with Crippen LogP contribution in [0.4, 0.5) is 0 Å². The van der Waals surface area contributed by atoms with Gasteiger partial charge in [0.05, 0.1) is 22.9 Å². The summed E-state index contributed by atoms with van der Waals surface area (Å²) in [6, 6.07) is 13.3. The highest BCUT2D eigenvalue weighted by atomic mass is 32.2. The third kappa shape index (κ3) is 5.62. The van der Waals surface area contributed by atoms with Crippen molar-refractivity contribution in [3.8, 4) is 21.1 Å².